The maximum absolute atomic E-state index is 13.8. The third kappa shape index (κ3) is 17.3. The van der Waals surface area contributed by atoms with E-state index in [4.69, 9.17) is 63.1 Å². The van der Waals surface area contributed by atoms with Crippen molar-refractivity contribution in [1.29, 1.82) is 0 Å². The summed E-state index contributed by atoms with van der Waals surface area (Å²) in [5, 5.41) is 88.3. The number of aldehydes is 1. The molecule has 0 aliphatic carbocycles. The number of aliphatic hydroxyl groups excluding tert-OH is 6. The van der Waals surface area contributed by atoms with Crippen LogP contribution in [0.3, 0.4) is 0 Å². The number of aliphatic hydroxyl groups is 7. The Morgan fingerprint density at radius 3 is 1.96 bits per heavy atom. The van der Waals surface area contributed by atoms with Gasteiger partial charge in [-0.1, -0.05) is 38.5 Å². The van der Waals surface area contributed by atoms with Gasteiger partial charge >= 0.3 is 17.9 Å². The Morgan fingerprint density at radius 2 is 1.43 bits per heavy atom. The quantitative estimate of drug-likeness (QED) is 0.0708. The lowest BCUT2D eigenvalue weighted by Crippen LogP contribution is -2.65. The average Bonchev–Trinajstić information content (AvgIpc) is 3.33. The van der Waals surface area contributed by atoms with Crippen LogP contribution in [0, 0.1) is 23.7 Å². The molecule has 0 amide bonds. The number of hydrogen-bond acceptors (Lipinski definition) is 22. The highest BCUT2D eigenvalue weighted by Crippen LogP contribution is 2.37. The number of nitrogens with zero attached hydrogens (tertiary/aromatic N) is 1. The number of carbonyl (C=O) groups is 5. The van der Waals surface area contributed by atoms with Crippen LogP contribution in [0.1, 0.15) is 87.5 Å². The number of aliphatic carboxylic acids is 2. The van der Waals surface area contributed by atoms with Crippen molar-refractivity contribution in [1.82, 2.24) is 4.90 Å². The van der Waals surface area contributed by atoms with Crippen molar-refractivity contribution in [2.24, 2.45) is 23.7 Å². The molecule has 3 fully saturated rings. The van der Waals surface area contributed by atoms with Crippen LogP contribution in [0.25, 0.3) is 0 Å². The Balaban J connectivity index is 0.00000130. The lowest BCUT2D eigenvalue weighted by Gasteiger charge is -2.50. The summed E-state index contributed by atoms with van der Waals surface area (Å²) in [5.74, 6) is -7.13. The van der Waals surface area contributed by atoms with Gasteiger partial charge in [0.05, 0.1) is 55.2 Å². The van der Waals surface area contributed by atoms with Crippen molar-refractivity contribution < 1.29 is 113 Å². The van der Waals surface area contributed by atoms with Crippen LogP contribution in [-0.2, 0) is 66.6 Å². The first kappa shape index (κ1) is 64.9. The zero-order valence-electron chi connectivity index (χ0n) is 44.4. The van der Waals surface area contributed by atoms with Crippen molar-refractivity contribution in [2.45, 2.75) is 203 Å². The van der Waals surface area contributed by atoms with Gasteiger partial charge < -0.3 is 98.3 Å². The van der Waals surface area contributed by atoms with E-state index in [1.165, 1.54) is 27.2 Å². The summed E-state index contributed by atoms with van der Waals surface area (Å²) >= 11 is 0. The van der Waals surface area contributed by atoms with E-state index in [9.17, 15) is 49.5 Å². The van der Waals surface area contributed by atoms with E-state index in [1.807, 2.05) is 19.9 Å². The molecule has 4 aliphatic heterocycles. The van der Waals surface area contributed by atoms with E-state index >= 15 is 0 Å². The number of carboxylic acid groups (broad SMARTS) is 2. The normalized spacial score (nSPS) is 40.7. The Kier molecular flexibility index (Phi) is 25.7. The Labute approximate surface area is 432 Å². The Morgan fingerprint density at radius 1 is 0.838 bits per heavy atom. The van der Waals surface area contributed by atoms with Crippen LogP contribution in [0.4, 0.5) is 0 Å². The van der Waals surface area contributed by atoms with E-state index in [1.54, 1.807) is 59.7 Å². The van der Waals surface area contributed by atoms with Crippen LogP contribution >= 0.6 is 0 Å². The van der Waals surface area contributed by atoms with Gasteiger partial charge in [-0.05, 0) is 73.5 Å². The van der Waals surface area contributed by atoms with Crippen LogP contribution in [0.2, 0.25) is 0 Å². The number of hydrogen-bond donors (Lipinski definition) is 9. The smallest absolute Gasteiger partial charge is 0.335 e. The minimum atomic E-state index is -2.27. The highest BCUT2D eigenvalue weighted by Gasteiger charge is 2.52. The molecule has 0 radical (unpaired) electrons. The molecule has 74 heavy (non-hydrogen) atoms. The largest absolute Gasteiger partial charge is 0.479 e. The molecule has 0 aromatic rings. The molecule has 4 aliphatic rings. The van der Waals surface area contributed by atoms with E-state index < -0.39 is 164 Å². The van der Waals surface area contributed by atoms with Crippen LogP contribution in [0.5, 0.6) is 0 Å². The molecule has 24 nitrogen and oxygen atoms in total. The second-order valence-electron chi connectivity index (χ2n) is 20.3. The molecule has 3 saturated heterocycles. The molecule has 24 heteroatoms. The molecule has 9 N–H and O–H groups in total. The van der Waals surface area contributed by atoms with Crippen molar-refractivity contribution in [3.8, 4) is 0 Å². The molecule has 4 heterocycles. The number of carboxylic acids is 2. The predicted molar refractivity (Wildman–Crippen MR) is 258 cm³/mol. The highest BCUT2D eigenvalue weighted by atomic mass is 16.7. The van der Waals surface area contributed by atoms with Gasteiger partial charge in [-0.25, -0.2) is 9.59 Å². The predicted octanol–water partition coefficient (Wildman–Crippen LogP) is -0.289. The summed E-state index contributed by atoms with van der Waals surface area (Å²) in [7, 11) is 6.43. The molecule has 4 rings (SSSR count). The summed E-state index contributed by atoms with van der Waals surface area (Å²) in [5.41, 5.74) is -0.806. The number of allylic oxidation sites excluding steroid dienone is 3. The van der Waals surface area contributed by atoms with Gasteiger partial charge in [0.15, 0.2) is 36.9 Å². The van der Waals surface area contributed by atoms with Crippen LogP contribution in [-0.4, -0.2) is 232 Å². The zero-order valence-corrected chi connectivity index (χ0v) is 44.4. The SMILES string of the molecule is CCC1OC(=O)CC(O)C(C)C(OC2OC(C)C(OC3CC(C)(O)C(O)C(C)O3)C(N(C)C)C2O)C(CC=O)CC(C)C(=O)C=CC(C)=CC1COC1OC(C)C(O)C(OC)C1OC.O=C(O)C(O)C(O)C(=O)O. The van der Waals surface area contributed by atoms with Gasteiger partial charge in [-0.3, -0.25) is 9.59 Å². The number of methoxy groups -OCH3 is 2. The van der Waals surface area contributed by atoms with Crippen molar-refractivity contribution in [3.63, 3.8) is 0 Å². The lowest BCUT2D eigenvalue weighted by atomic mass is 9.79. The summed E-state index contributed by atoms with van der Waals surface area (Å²) in [6, 6.07) is -0.748. The molecule has 23 unspecified atom stereocenters. The molecule has 0 saturated carbocycles. The van der Waals surface area contributed by atoms with Crippen molar-refractivity contribution >= 4 is 30.0 Å². The first-order valence-electron chi connectivity index (χ1n) is 25.0. The minimum Gasteiger partial charge on any atom is -0.479 e. The summed E-state index contributed by atoms with van der Waals surface area (Å²) in [4.78, 5) is 61.1. The number of ketones is 1. The number of cyclic esters (lactones) is 1. The second kappa shape index (κ2) is 29.4. The molecular formula is C50H83NO23. The first-order valence-corrected chi connectivity index (χ1v) is 25.0. The van der Waals surface area contributed by atoms with Gasteiger partial charge in [-0.15, -0.1) is 0 Å². The van der Waals surface area contributed by atoms with E-state index in [0.29, 0.717) is 12.0 Å². The van der Waals surface area contributed by atoms with E-state index in [-0.39, 0.29) is 31.7 Å². The first-order chi connectivity index (χ1) is 34.5. The summed E-state index contributed by atoms with van der Waals surface area (Å²) < 4.78 is 54.7. The fourth-order valence-electron chi connectivity index (χ4n) is 9.78. The van der Waals surface area contributed by atoms with Crippen LogP contribution < -0.4 is 0 Å². The molecule has 426 valence electrons. The average molecular weight is 1070 g/mol. The number of ether oxygens (including phenoxy) is 9. The Bertz CT molecular complexity index is 1850. The van der Waals surface area contributed by atoms with Crippen LogP contribution in [0.15, 0.2) is 23.8 Å². The van der Waals surface area contributed by atoms with Gasteiger partial charge in [0, 0.05) is 44.8 Å². The fraction of sp³-hybridized carbons (Fsp3) is 0.820. The third-order valence-electron chi connectivity index (χ3n) is 14.2. The number of likely N-dealkylation sites (N-methyl/N-ethyl adjacent to an activating group) is 1. The van der Waals surface area contributed by atoms with E-state index in [2.05, 4.69) is 0 Å². The van der Waals surface area contributed by atoms with Gasteiger partial charge in [0.1, 0.15) is 49.0 Å². The molecule has 0 aromatic carbocycles. The highest BCUT2D eigenvalue weighted by molar-refractivity contribution is 5.91. The minimum absolute atomic E-state index is 0.00788. The summed E-state index contributed by atoms with van der Waals surface area (Å²) in [6.07, 6.45) is -13.0. The number of esters is 1. The molecular weight excluding hydrogens is 983 g/mol. The monoisotopic (exact) mass is 1070 g/mol. The maximum Gasteiger partial charge on any atom is 0.335 e. The van der Waals surface area contributed by atoms with Gasteiger partial charge in [-0.2, -0.15) is 0 Å². The van der Waals surface area contributed by atoms with Gasteiger partial charge in [0.25, 0.3) is 0 Å². The van der Waals surface area contributed by atoms with E-state index in [0.717, 1.165) is 6.29 Å². The summed E-state index contributed by atoms with van der Waals surface area (Å²) in [6.45, 7) is 13.6. The maximum atomic E-state index is 13.8. The second-order valence-corrected chi connectivity index (χ2v) is 20.3. The lowest BCUT2D eigenvalue weighted by molar-refractivity contribution is -0.341. The third-order valence-corrected chi connectivity index (χ3v) is 14.2. The number of carbonyl (C=O) groups excluding carboxylic acids is 3. The number of rotatable bonds is 16. The van der Waals surface area contributed by atoms with Gasteiger partial charge in [0.2, 0.25) is 0 Å². The van der Waals surface area contributed by atoms with Crippen molar-refractivity contribution in [2.75, 3.05) is 34.9 Å². The molecule has 23 atom stereocenters. The van der Waals surface area contributed by atoms with Crippen molar-refractivity contribution in [3.05, 3.63) is 23.8 Å². The molecule has 0 spiro atoms. The topological polar surface area (TPSA) is 354 Å². The Hall–Kier alpha value is -3.41. The zero-order chi connectivity index (χ0) is 56.1. The molecule has 0 bridgehead atoms. The fourth-order valence-corrected chi connectivity index (χ4v) is 9.78. The standard InChI is InChI=1S/C46H77NO17.C4H6O6/c1-13-33-30(22-58-45-42(57-12)41(56-11)37(52)26(5)60-45)18-23(2)14-15-31(49)24(3)19-29(16-17-48)39(25(4)32(50)20-34(51)62-33)64-44-38(53)36(47(9)10)40(27(6)61-44)63-35-21-46(8,55)43(54)28(7)59-35;5-1(3(7)8)2(6)4(9)10/h14-15,17-18,24-30,32-33,35-45,50,52-55H,13,16,19-22H2,1-12H3;1-2,5-6H,(H,7,8)(H,9,10). The molecule has 0 aromatic heterocycles.